The zero-order valence-corrected chi connectivity index (χ0v) is 15.3. The highest BCUT2D eigenvalue weighted by Gasteiger charge is 2.61. The standard InChI is InChI=1S/C21H36O2/c1-4-13-6-8-17-16-7-5-14-11-15(22)12-19(23)21(14,3)18(16)9-10-20(13,17)2/h13-19,22-23H,4-12H2,1-3H3/t13-,14?,15?,16-,17-,18-,19?,20+,21-/m0/s1. The summed E-state index contributed by atoms with van der Waals surface area (Å²) in [6.45, 7) is 7.35. The van der Waals surface area contributed by atoms with Gasteiger partial charge in [0.2, 0.25) is 0 Å². The fourth-order valence-electron chi connectivity index (χ4n) is 8.08. The summed E-state index contributed by atoms with van der Waals surface area (Å²) in [7, 11) is 0. The van der Waals surface area contributed by atoms with Gasteiger partial charge in [-0.2, -0.15) is 0 Å². The van der Waals surface area contributed by atoms with E-state index < -0.39 is 0 Å². The lowest BCUT2D eigenvalue weighted by atomic mass is 9.44. The normalized spacial score (nSPS) is 59.1. The SMILES string of the molecule is CC[C@H]1CC[C@H]2[C@@H]3CCC4CC(O)CC(O)[C@]4(C)[C@H]3CC[C@]12C. The minimum absolute atomic E-state index is 0.0633. The van der Waals surface area contributed by atoms with E-state index in [1.165, 1.54) is 44.9 Å². The first-order valence-electron chi connectivity index (χ1n) is 10.3. The molecule has 23 heavy (non-hydrogen) atoms. The molecule has 0 aromatic carbocycles. The second kappa shape index (κ2) is 5.46. The van der Waals surface area contributed by atoms with Gasteiger partial charge in [0.05, 0.1) is 12.2 Å². The molecule has 0 aromatic rings. The number of hydrogen-bond donors (Lipinski definition) is 2. The topological polar surface area (TPSA) is 40.5 Å². The third kappa shape index (κ3) is 2.13. The Kier molecular flexibility index (Phi) is 3.89. The molecule has 4 saturated carbocycles. The second-order valence-corrected chi connectivity index (χ2v) is 9.89. The van der Waals surface area contributed by atoms with Crippen molar-refractivity contribution < 1.29 is 10.2 Å². The lowest BCUT2D eigenvalue weighted by Gasteiger charge is -2.62. The zero-order chi connectivity index (χ0) is 16.4. The summed E-state index contributed by atoms with van der Waals surface area (Å²) in [4.78, 5) is 0. The highest BCUT2D eigenvalue weighted by Crippen LogP contribution is 2.67. The van der Waals surface area contributed by atoms with Gasteiger partial charge in [-0.1, -0.05) is 27.2 Å². The molecule has 2 heteroatoms. The zero-order valence-electron chi connectivity index (χ0n) is 15.3. The maximum absolute atomic E-state index is 10.9. The van der Waals surface area contributed by atoms with Crippen LogP contribution < -0.4 is 0 Å². The van der Waals surface area contributed by atoms with Gasteiger partial charge in [0, 0.05) is 0 Å². The van der Waals surface area contributed by atoms with E-state index in [4.69, 9.17) is 0 Å². The van der Waals surface area contributed by atoms with Crippen molar-refractivity contribution in [3.05, 3.63) is 0 Å². The first-order chi connectivity index (χ1) is 10.9. The first-order valence-corrected chi connectivity index (χ1v) is 10.3. The Morgan fingerprint density at radius 3 is 2.43 bits per heavy atom. The van der Waals surface area contributed by atoms with Crippen molar-refractivity contribution in [2.75, 3.05) is 0 Å². The molecule has 4 aliphatic carbocycles. The minimum atomic E-state index is -0.295. The molecular weight excluding hydrogens is 284 g/mol. The average molecular weight is 321 g/mol. The summed E-state index contributed by atoms with van der Waals surface area (Å²) in [5, 5.41) is 21.0. The van der Waals surface area contributed by atoms with Crippen molar-refractivity contribution in [3.63, 3.8) is 0 Å². The van der Waals surface area contributed by atoms with Crippen LogP contribution in [0.15, 0.2) is 0 Å². The number of aliphatic hydroxyl groups is 2. The number of hydrogen-bond acceptors (Lipinski definition) is 2. The van der Waals surface area contributed by atoms with E-state index in [1.807, 2.05) is 0 Å². The van der Waals surface area contributed by atoms with Gasteiger partial charge in [0.15, 0.2) is 0 Å². The Balaban J connectivity index is 1.64. The van der Waals surface area contributed by atoms with Gasteiger partial charge in [0.25, 0.3) is 0 Å². The predicted octanol–water partition coefficient (Wildman–Crippen LogP) is 4.39. The van der Waals surface area contributed by atoms with Crippen molar-refractivity contribution in [1.82, 2.24) is 0 Å². The monoisotopic (exact) mass is 320 g/mol. The predicted molar refractivity (Wildman–Crippen MR) is 92.9 cm³/mol. The molecule has 132 valence electrons. The van der Waals surface area contributed by atoms with Crippen LogP contribution >= 0.6 is 0 Å². The van der Waals surface area contributed by atoms with Crippen LogP contribution in [0.25, 0.3) is 0 Å². The highest BCUT2D eigenvalue weighted by molar-refractivity contribution is 5.11. The van der Waals surface area contributed by atoms with Gasteiger partial charge >= 0.3 is 0 Å². The van der Waals surface area contributed by atoms with E-state index >= 15 is 0 Å². The van der Waals surface area contributed by atoms with Crippen molar-refractivity contribution in [2.24, 2.45) is 40.4 Å². The van der Waals surface area contributed by atoms with Crippen LogP contribution in [0.2, 0.25) is 0 Å². The Hall–Kier alpha value is -0.0800. The Bertz CT molecular complexity index is 463. The van der Waals surface area contributed by atoms with Crippen molar-refractivity contribution in [1.29, 1.82) is 0 Å². The van der Waals surface area contributed by atoms with Crippen molar-refractivity contribution in [3.8, 4) is 0 Å². The van der Waals surface area contributed by atoms with E-state index in [0.29, 0.717) is 23.7 Å². The van der Waals surface area contributed by atoms with Crippen LogP contribution in [-0.4, -0.2) is 22.4 Å². The van der Waals surface area contributed by atoms with E-state index in [-0.39, 0.29) is 17.6 Å². The molecule has 0 bridgehead atoms. The third-order valence-corrected chi connectivity index (χ3v) is 9.42. The smallest absolute Gasteiger partial charge is 0.0623 e. The van der Waals surface area contributed by atoms with Gasteiger partial charge in [0.1, 0.15) is 0 Å². The fraction of sp³-hybridized carbons (Fsp3) is 1.00. The maximum Gasteiger partial charge on any atom is 0.0623 e. The molecule has 0 aliphatic heterocycles. The van der Waals surface area contributed by atoms with E-state index in [2.05, 4.69) is 20.8 Å². The van der Waals surface area contributed by atoms with Crippen LogP contribution in [0.5, 0.6) is 0 Å². The van der Waals surface area contributed by atoms with Crippen LogP contribution in [0.1, 0.15) is 78.6 Å². The molecule has 0 spiro atoms. The van der Waals surface area contributed by atoms with Crippen LogP contribution in [-0.2, 0) is 0 Å². The molecule has 4 rings (SSSR count). The number of rotatable bonds is 1. The molecule has 3 unspecified atom stereocenters. The van der Waals surface area contributed by atoms with Gasteiger partial charge < -0.3 is 10.2 Å². The highest BCUT2D eigenvalue weighted by atomic mass is 16.3. The van der Waals surface area contributed by atoms with Crippen LogP contribution in [0, 0.1) is 40.4 Å². The van der Waals surface area contributed by atoms with Gasteiger partial charge in [-0.25, -0.2) is 0 Å². The van der Waals surface area contributed by atoms with Gasteiger partial charge in [-0.3, -0.25) is 0 Å². The van der Waals surface area contributed by atoms with E-state index in [9.17, 15) is 10.2 Å². The van der Waals surface area contributed by atoms with E-state index in [1.54, 1.807) is 0 Å². The number of aliphatic hydroxyl groups excluding tert-OH is 2. The van der Waals surface area contributed by atoms with Crippen LogP contribution in [0.4, 0.5) is 0 Å². The molecule has 0 radical (unpaired) electrons. The molecular formula is C21H36O2. The molecule has 0 aromatic heterocycles. The lowest BCUT2D eigenvalue weighted by molar-refractivity contribution is -0.180. The quantitative estimate of drug-likeness (QED) is 0.752. The lowest BCUT2D eigenvalue weighted by Crippen LogP contribution is -2.59. The molecule has 9 atom stereocenters. The average Bonchev–Trinajstić information content (AvgIpc) is 2.85. The molecule has 4 fully saturated rings. The first kappa shape index (κ1) is 16.4. The molecule has 0 saturated heterocycles. The van der Waals surface area contributed by atoms with Crippen molar-refractivity contribution >= 4 is 0 Å². The largest absolute Gasteiger partial charge is 0.393 e. The Morgan fingerprint density at radius 1 is 0.913 bits per heavy atom. The molecule has 2 N–H and O–H groups in total. The van der Waals surface area contributed by atoms with Crippen LogP contribution in [0.3, 0.4) is 0 Å². The Morgan fingerprint density at radius 2 is 1.70 bits per heavy atom. The summed E-state index contributed by atoms with van der Waals surface area (Å²) >= 11 is 0. The summed E-state index contributed by atoms with van der Waals surface area (Å²) in [6, 6.07) is 0. The maximum atomic E-state index is 10.9. The molecule has 0 amide bonds. The summed E-state index contributed by atoms with van der Waals surface area (Å²) < 4.78 is 0. The van der Waals surface area contributed by atoms with Gasteiger partial charge in [-0.05, 0) is 91.8 Å². The van der Waals surface area contributed by atoms with Crippen molar-refractivity contribution in [2.45, 2.75) is 90.8 Å². The van der Waals surface area contributed by atoms with Gasteiger partial charge in [-0.15, -0.1) is 0 Å². The summed E-state index contributed by atoms with van der Waals surface area (Å²) in [5.41, 5.74) is 0.631. The minimum Gasteiger partial charge on any atom is -0.393 e. The number of fused-ring (bicyclic) bond motifs is 5. The molecule has 0 heterocycles. The molecule has 2 nitrogen and oxygen atoms in total. The molecule has 4 aliphatic rings. The van der Waals surface area contributed by atoms with E-state index in [0.717, 1.165) is 24.2 Å². The fourth-order valence-corrected chi connectivity index (χ4v) is 8.08. The summed E-state index contributed by atoms with van der Waals surface area (Å²) in [5.74, 6) is 3.88. The Labute approximate surface area is 142 Å². The summed E-state index contributed by atoms with van der Waals surface area (Å²) in [6.07, 6.45) is 10.4. The second-order valence-electron chi connectivity index (χ2n) is 9.89. The third-order valence-electron chi connectivity index (χ3n) is 9.42.